The van der Waals surface area contributed by atoms with Crippen LogP contribution in [0, 0.1) is 0 Å². The summed E-state index contributed by atoms with van der Waals surface area (Å²) in [6.45, 7) is 7.37. The number of rotatable bonds is 9. The summed E-state index contributed by atoms with van der Waals surface area (Å²) in [5.41, 5.74) is 0.908. The van der Waals surface area contributed by atoms with Gasteiger partial charge in [0.15, 0.2) is 0 Å². The average molecular weight is 660 g/mol. The zero-order valence-electron chi connectivity index (χ0n) is 24.7. The van der Waals surface area contributed by atoms with Gasteiger partial charge in [0, 0.05) is 10.0 Å². The van der Waals surface area contributed by atoms with Gasteiger partial charge in [-0.3, -0.25) is 14.5 Å². The van der Waals surface area contributed by atoms with Crippen molar-refractivity contribution in [2.45, 2.75) is 49.9 Å². The fraction of sp³-hybridized carbons (Fsp3) is 0.257. The number of anilines is 1. The summed E-state index contributed by atoms with van der Waals surface area (Å²) in [5, 5.41) is 0. The third-order valence-electron chi connectivity index (χ3n) is 7.68. The summed E-state index contributed by atoms with van der Waals surface area (Å²) in [6, 6.07) is 35.2. The number of esters is 1. The maximum atomic E-state index is 15.5. The van der Waals surface area contributed by atoms with Crippen molar-refractivity contribution in [1.82, 2.24) is 4.72 Å². The van der Waals surface area contributed by atoms with Crippen molar-refractivity contribution in [1.29, 1.82) is 0 Å². The van der Waals surface area contributed by atoms with E-state index in [1.54, 1.807) is 11.8 Å². The maximum Gasteiger partial charge on any atom is 0.308 e. The monoisotopic (exact) mass is 658 g/mol. The van der Waals surface area contributed by atoms with Crippen LogP contribution in [0.4, 0.5) is 5.69 Å². The highest BCUT2D eigenvalue weighted by Gasteiger charge is 2.60. The van der Waals surface area contributed by atoms with Gasteiger partial charge in [0.2, 0.25) is 0 Å². The van der Waals surface area contributed by atoms with Gasteiger partial charge in [-0.25, -0.2) is 8.93 Å². The molecule has 5 rings (SSSR count). The molecule has 4 aromatic rings. The normalized spacial score (nSPS) is 17.4. The second-order valence-electron chi connectivity index (χ2n) is 11.5. The number of carbonyl (C=O) groups is 2. The van der Waals surface area contributed by atoms with Crippen LogP contribution in [0.15, 0.2) is 114 Å². The Hall–Kier alpha value is -3.59. The molecular formula is C35H35BrN2O4S. The number of nitrogens with one attached hydrogen (secondary N) is 1. The first-order valence-electron chi connectivity index (χ1n) is 14.2. The standard InChI is InChI=1S/C35H35BrN2O4S/c1-5-42-31(39)24-34(37-43(41)33(2,3)4)29-23-28(36)21-22-30(29)38(32(34)40)35(25-15-9-6-10-16-25,26-17-11-7-12-18-26)27-19-13-8-14-20-27/h6-23,37H,5,24H2,1-4H3/t34-,43?/m0/s1. The van der Waals surface area contributed by atoms with E-state index in [0.29, 0.717) is 11.3 Å². The summed E-state index contributed by atoms with van der Waals surface area (Å²) in [5.74, 6) is -0.963. The van der Waals surface area contributed by atoms with E-state index in [1.165, 1.54) is 0 Å². The predicted molar refractivity (Wildman–Crippen MR) is 175 cm³/mol. The lowest BCUT2D eigenvalue weighted by Crippen LogP contribution is -2.59. The predicted octanol–water partition coefficient (Wildman–Crippen LogP) is 6.99. The van der Waals surface area contributed by atoms with Gasteiger partial charge in [-0.15, -0.1) is 0 Å². The molecule has 0 saturated heterocycles. The molecule has 0 bridgehead atoms. The molecule has 1 amide bonds. The van der Waals surface area contributed by atoms with E-state index in [1.807, 2.05) is 130 Å². The van der Waals surface area contributed by atoms with Crippen molar-refractivity contribution in [2.75, 3.05) is 11.5 Å². The lowest BCUT2D eigenvalue weighted by molar-refractivity contribution is -0.147. The molecule has 2 atom stereocenters. The first kappa shape index (κ1) is 30.9. The molecule has 0 radical (unpaired) electrons. The molecule has 4 aromatic carbocycles. The van der Waals surface area contributed by atoms with Crippen LogP contribution in [0.3, 0.4) is 0 Å². The van der Waals surface area contributed by atoms with Gasteiger partial charge in [0.25, 0.3) is 5.91 Å². The lowest BCUT2D eigenvalue weighted by Gasteiger charge is -2.45. The third kappa shape index (κ3) is 5.48. The minimum Gasteiger partial charge on any atom is -0.466 e. The van der Waals surface area contributed by atoms with Gasteiger partial charge in [-0.2, -0.15) is 0 Å². The zero-order valence-corrected chi connectivity index (χ0v) is 27.1. The van der Waals surface area contributed by atoms with Crippen LogP contribution < -0.4 is 9.62 Å². The molecule has 0 saturated carbocycles. The fourth-order valence-corrected chi connectivity index (χ4v) is 7.02. The van der Waals surface area contributed by atoms with Gasteiger partial charge >= 0.3 is 5.97 Å². The molecular weight excluding hydrogens is 624 g/mol. The number of fused-ring (bicyclic) bond motifs is 1. The van der Waals surface area contributed by atoms with Crippen LogP contribution in [-0.2, 0) is 36.4 Å². The van der Waals surface area contributed by atoms with E-state index in [0.717, 1.165) is 21.2 Å². The molecule has 1 aliphatic rings. The fourth-order valence-electron chi connectivity index (χ4n) is 5.76. The number of hydrogen-bond acceptors (Lipinski definition) is 4. The van der Waals surface area contributed by atoms with Crippen LogP contribution in [0.2, 0.25) is 0 Å². The SMILES string of the molecule is CCOC(=O)C[C@@]1(NS(=O)C(C)(C)C)C(=O)N(C(c2ccccc2)(c2ccccc2)c2ccccc2)c2ccc(Br)cc21. The van der Waals surface area contributed by atoms with Gasteiger partial charge in [0.1, 0.15) is 11.1 Å². The minimum absolute atomic E-state index is 0.155. The number of ether oxygens (including phenoxy) is 1. The maximum absolute atomic E-state index is 15.5. The Bertz CT molecular complexity index is 1540. The van der Waals surface area contributed by atoms with E-state index in [2.05, 4.69) is 20.7 Å². The Labute approximate surface area is 264 Å². The number of hydrogen-bond donors (Lipinski definition) is 1. The molecule has 43 heavy (non-hydrogen) atoms. The van der Waals surface area contributed by atoms with E-state index in [9.17, 15) is 9.00 Å². The van der Waals surface area contributed by atoms with Crippen LogP contribution >= 0.6 is 15.9 Å². The minimum atomic E-state index is -1.72. The van der Waals surface area contributed by atoms with E-state index >= 15 is 4.79 Å². The van der Waals surface area contributed by atoms with Gasteiger partial charge in [0.05, 0.1) is 34.4 Å². The summed E-state index contributed by atoms with van der Waals surface area (Å²) >= 11 is 3.59. The molecule has 1 unspecified atom stereocenters. The number of carbonyl (C=O) groups excluding carboxylic acids is 2. The summed E-state index contributed by atoms with van der Waals surface area (Å²) in [7, 11) is -1.72. The van der Waals surface area contributed by atoms with Crippen LogP contribution in [0.25, 0.3) is 0 Å². The molecule has 8 heteroatoms. The quantitative estimate of drug-likeness (QED) is 0.155. The Balaban J connectivity index is 1.90. The highest BCUT2D eigenvalue weighted by molar-refractivity contribution is 9.10. The van der Waals surface area contributed by atoms with Crippen molar-refractivity contribution >= 4 is 44.5 Å². The number of nitrogens with zero attached hydrogens (tertiary/aromatic N) is 1. The molecule has 1 aliphatic heterocycles. The molecule has 0 fully saturated rings. The van der Waals surface area contributed by atoms with E-state index < -0.39 is 38.7 Å². The Kier molecular flexibility index (Phi) is 8.75. The van der Waals surface area contributed by atoms with Crippen molar-refractivity contribution in [3.8, 4) is 0 Å². The zero-order chi connectivity index (χ0) is 30.8. The number of amides is 1. The first-order chi connectivity index (χ1) is 20.6. The topological polar surface area (TPSA) is 75.7 Å². The van der Waals surface area contributed by atoms with E-state index in [-0.39, 0.29) is 13.0 Å². The Morgan fingerprint density at radius 2 is 1.35 bits per heavy atom. The molecule has 0 aromatic heterocycles. The van der Waals surface area contributed by atoms with E-state index in [4.69, 9.17) is 4.74 Å². The van der Waals surface area contributed by atoms with Crippen molar-refractivity contribution < 1.29 is 18.5 Å². The molecule has 1 N–H and O–H groups in total. The second kappa shape index (κ2) is 12.2. The second-order valence-corrected chi connectivity index (χ2v) is 14.4. The van der Waals surface area contributed by atoms with Crippen LogP contribution in [0.1, 0.15) is 56.4 Å². The Morgan fingerprint density at radius 3 is 1.79 bits per heavy atom. The molecule has 1 heterocycles. The number of benzene rings is 4. The van der Waals surface area contributed by atoms with Crippen LogP contribution in [-0.4, -0.2) is 27.4 Å². The molecule has 6 nitrogen and oxygen atoms in total. The Morgan fingerprint density at radius 1 is 0.860 bits per heavy atom. The summed E-state index contributed by atoms with van der Waals surface area (Å²) < 4.78 is 22.4. The van der Waals surface area contributed by atoms with Gasteiger partial charge in [-0.1, -0.05) is 107 Å². The highest BCUT2D eigenvalue weighted by Crippen LogP contribution is 2.54. The van der Waals surface area contributed by atoms with Gasteiger partial charge in [-0.05, 0) is 62.6 Å². The smallest absolute Gasteiger partial charge is 0.308 e. The van der Waals surface area contributed by atoms with Crippen LogP contribution in [0.5, 0.6) is 0 Å². The van der Waals surface area contributed by atoms with Gasteiger partial charge < -0.3 is 4.74 Å². The third-order valence-corrected chi connectivity index (χ3v) is 9.81. The molecule has 0 spiro atoms. The first-order valence-corrected chi connectivity index (χ1v) is 16.2. The molecule has 222 valence electrons. The average Bonchev–Trinajstić information content (AvgIpc) is 3.22. The number of halogens is 1. The molecule has 0 aliphatic carbocycles. The van der Waals surface area contributed by atoms with Crippen molar-refractivity contribution in [2.24, 2.45) is 0 Å². The summed E-state index contributed by atoms with van der Waals surface area (Å²) in [4.78, 5) is 30.5. The van der Waals surface area contributed by atoms with Crippen molar-refractivity contribution in [3.63, 3.8) is 0 Å². The summed E-state index contributed by atoms with van der Waals surface area (Å²) in [6.07, 6.45) is -0.337. The lowest BCUT2D eigenvalue weighted by atomic mass is 9.75. The highest BCUT2D eigenvalue weighted by atomic mass is 79.9. The largest absolute Gasteiger partial charge is 0.466 e. The van der Waals surface area contributed by atoms with Crippen molar-refractivity contribution in [3.05, 3.63) is 136 Å².